The Morgan fingerprint density at radius 2 is 1.52 bits per heavy atom. The Bertz CT molecular complexity index is 2390. The standard InChI is InChI=1S/C54H74N2O10/c1-26-14-42(60)53(63-22-26)27(2)33-12-13-34-31-11-9-30-19-50-51(23-47(30,6)36(31)17-41(59)49(33,34)25-64-53)55(50)38-15-29-8-10-32-35(46(29,5)20-39(38)56(50)51)16-40(58)48(7)37(32)18-44-52(48,62)28(3)54(65-44)43(61)21-45(4,24-57)66-54/h13,18,26-33,35-36,40,42-44,57-58,60-62H,8-12,14-17,19-25H2,1-7H3/t26?,27-,28-,29-,30-,31-,32+,33+,35-,36-,40+,42+,43+,44-,45-,46-,47-,48+,49+,50?,51?,52+,53+,54-,55?,56?/m0/s1. The molecule has 8 aliphatic heterocycles. The Morgan fingerprint density at radius 3 is 2.26 bits per heavy atom. The Kier molecular flexibility index (Phi) is 7.55. The first-order chi connectivity index (χ1) is 31.2. The van der Waals surface area contributed by atoms with E-state index in [1.54, 1.807) is 18.3 Å². The molecule has 0 aromatic rings. The Morgan fingerprint density at radius 1 is 0.773 bits per heavy atom. The summed E-state index contributed by atoms with van der Waals surface area (Å²) in [6, 6.07) is 0. The van der Waals surface area contributed by atoms with Crippen molar-refractivity contribution < 1.29 is 49.3 Å². The van der Waals surface area contributed by atoms with E-state index in [2.05, 4.69) is 49.6 Å². The van der Waals surface area contributed by atoms with Gasteiger partial charge in [-0.3, -0.25) is 4.79 Å². The molecule has 0 radical (unpaired) electrons. The summed E-state index contributed by atoms with van der Waals surface area (Å²) in [7, 11) is 0. The Balaban J connectivity index is 0.695. The van der Waals surface area contributed by atoms with E-state index in [0.29, 0.717) is 61.9 Å². The van der Waals surface area contributed by atoms with E-state index in [-0.39, 0.29) is 64.8 Å². The second-order valence-corrected chi connectivity index (χ2v) is 26.8. The average molecular weight is 911 g/mol. The highest BCUT2D eigenvalue weighted by atomic mass is 16.7. The summed E-state index contributed by atoms with van der Waals surface area (Å²) in [6.45, 7) is 15.8. The molecule has 6 saturated heterocycles. The molecule has 16 aliphatic rings. The molecule has 0 amide bonds. The second-order valence-electron chi connectivity index (χ2n) is 26.8. The molecular weight excluding hydrogens is 837 g/mol. The number of aliphatic hydroxyl groups is 5. The Hall–Kier alpha value is -1.87. The van der Waals surface area contributed by atoms with Gasteiger partial charge in [0.1, 0.15) is 29.7 Å². The van der Waals surface area contributed by atoms with Crippen LogP contribution in [0.2, 0.25) is 0 Å². The van der Waals surface area contributed by atoms with Crippen molar-refractivity contribution >= 4 is 5.78 Å². The lowest BCUT2D eigenvalue weighted by molar-refractivity contribution is -0.365. The van der Waals surface area contributed by atoms with Gasteiger partial charge in [-0.15, -0.1) is 0 Å². The fourth-order valence-corrected chi connectivity index (χ4v) is 21.5. The maximum Gasteiger partial charge on any atom is 0.201 e. The van der Waals surface area contributed by atoms with Crippen molar-refractivity contribution in [3.63, 3.8) is 0 Å². The number of Topliss-reactive ketones (excluding diaryl/α,β-unsaturated/α-hetero) is 1. The summed E-state index contributed by atoms with van der Waals surface area (Å²) in [5.41, 5.74) is 1.90. The number of carbonyl (C=O) groups is 1. The van der Waals surface area contributed by atoms with E-state index in [4.69, 9.17) is 18.9 Å². The van der Waals surface area contributed by atoms with Gasteiger partial charge in [-0.05, 0) is 136 Å². The molecule has 8 heterocycles. The molecule has 3 unspecified atom stereocenters. The number of rotatable bonds is 1. The smallest absolute Gasteiger partial charge is 0.201 e. The van der Waals surface area contributed by atoms with Crippen molar-refractivity contribution in [1.29, 1.82) is 0 Å². The third-order valence-electron chi connectivity index (χ3n) is 24.9. The van der Waals surface area contributed by atoms with E-state index in [9.17, 15) is 25.5 Å². The highest BCUT2D eigenvalue weighted by molar-refractivity contribution is 5.91. The molecule has 8 aliphatic carbocycles. The van der Waals surface area contributed by atoms with Crippen molar-refractivity contribution in [1.82, 2.24) is 9.80 Å². The number of hydrogen-bond donors (Lipinski definition) is 5. The molecule has 360 valence electrons. The lowest BCUT2D eigenvalue weighted by atomic mass is 9.44. The fourth-order valence-electron chi connectivity index (χ4n) is 21.5. The monoisotopic (exact) mass is 911 g/mol. The Labute approximate surface area is 389 Å². The maximum absolute atomic E-state index is 15.1. The number of carbonyl (C=O) groups excluding carboxylic acids is 1. The quantitative estimate of drug-likeness (QED) is 0.166. The van der Waals surface area contributed by atoms with Crippen LogP contribution in [0.4, 0.5) is 0 Å². The van der Waals surface area contributed by atoms with Crippen LogP contribution in [0.5, 0.6) is 0 Å². The van der Waals surface area contributed by atoms with Gasteiger partial charge in [0.25, 0.3) is 0 Å². The van der Waals surface area contributed by atoms with Crippen molar-refractivity contribution in [2.45, 2.75) is 190 Å². The lowest BCUT2D eigenvalue weighted by Gasteiger charge is -2.61. The zero-order valence-corrected chi connectivity index (χ0v) is 40.2. The van der Waals surface area contributed by atoms with Crippen LogP contribution < -0.4 is 0 Å². The number of nitrogens with zero attached hydrogens (tertiary/aromatic N) is 2. The zero-order valence-electron chi connectivity index (χ0n) is 40.2. The topological polar surface area (TPSA) is 161 Å². The molecule has 2 bridgehead atoms. The molecule has 0 aromatic carbocycles. The molecule has 12 nitrogen and oxygen atoms in total. The number of ether oxygens (including phenoxy) is 4. The van der Waals surface area contributed by atoms with Crippen molar-refractivity contribution in [3.8, 4) is 0 Å². The number of aliphatic hydroxyl groups excluding tert-OH is 4. The van der Waals surface area contributed by atoms with Crippen molar-refractivity contribution in [2.75, 3.05) is 19.8 Å². The number of allylic oxidation sites excluding steroid dienone is 3. The van der Waals surface area contributed by atoms with Crippen LogP contribution in [0.3, 0.4) is 0 Å². The van der Waals surface area contributed by atoms with Crippen molar-refractivity contribution in [2.24, 2.45) is 80.8 Å². The minimum absolute atomic E-state index is 0.00677. The summed E-state index contributed by atoms with van der Waals surface area (Å²) < 4.78 is 26.3. The largest absolute Gasteiger partial charge is 0.393 e. The summed E-state index contributed by atoms with van der Waals surface area (Å²) in [4.78, 5) is 20.8. The second kappa shape index (κ2) is 11.9. The van der Waals surface area contributed by atoms with E-state index in [0.717, 1.165) is 50.5 Å². The van der Waals surface area contributed by atoms with Gasteiger partial charge in [0.05, 0.1) is 36.9 Å². The van der Waals surface area contributed by atoms with Crippen molar-refractivity contribution in [3.05, 3.63) is 34.7 Å². The molecule has 5 saturated carbocycles. The predicted octanol–water partition coefficient (Wildman–Crippen LogP) is 5.51. The van der Waals surface area contributed by atoms with Crippen LogP contribution in [0.15, 0.2) is 34.7 Å². The van der Waals surface area contributed by atoms with Crippen LogP contribution in [-0.2, 0) is 23.7 Å². The highest BCUT2D eigenvalue weighted by Crippen LogP contribution is 2.91. The summed E-state index contributed by atoms with van der Waals surface area (Å²) >= 11 is 0. The molecule has 5 spiro atoms. The summed E-state index contributed by atoms with van der Waals surface area (Å²) in [6.07, 6.45) is 13.3. The number of hydrogen-bond acceptors (Lipinski definition) is 12. The van der Waals surface area contributed by atoms with E-state index < -0.39 is 63.9 Å². The van der Waals surface area contributed by atoms with Gasteiger partial charge in [-0.2, -0.15) is 0 Å². The minimum atomic E-state index is -1.47. The molecule has 0 aromatic heterocycles. The van der Waals surface area contributed by atoms with Gasteiger partial charge in [0.15, 0.2) is 17.1 Å². The lowest BCUT2D eigenvalue weighted by Crippen LogP contribution is -2.67. The molecule has 12 heteroatoms. The van der Waals surface area contributed by atoms with E-state index >= 15 is 4.79 Å². The van der Waals surface area contributed by atoms with Gasteiger partial charge in [0, 0.05) is 41.5 Å². The third-order valence-corrected chi connectivity index (χ3v) is 24.9. The normalized spacial score (nSPS) is 64.0. The van der Waals surface area contributed by atoms with E-state index in [1.807, 2.05) is 13.8 Å². The first kappa shape index (κ1) is 41.9. The van der Waals surface area contributed by atoms with Crippen LogP contribution in [-0.4, -0.2) is 119 Å². The first-order valence-corrected chi connectivity index (χ1v) is 26.5. The summed E-state index contributed by atoms with van der Waals surface area (Å²) in [5, 5.41) is 58.6. The minimum Gasteiger partial charge on any atom is -0.393 e. The molecule has 16 rings (SSSR count). The summed E-state index contributed by atoms with van der Waals surface area (Å²) in [5.74, 6) is -0.130. The molecule has 11 fully saturated rings. The molecule has 24 atom stereocenters. The van der Waals surface area contributed by atoms with Gasteiger partial charge < -0.3 is 54.3 Å². The molecule has 66 heavy (non-hydrogen) atoms. The zero-order chi connectivity index (χ0) is 45.7. The number of ketones is 1. The first-order valence-electron chi connectivity index (χ1n) is 26.5. The number of fused-ring (bicyclic) bond motifs is 11. The molecular formula is C54H74N2O10. The fraction of sp³-hybridized carbons (Fsp3) is 0.870. The van der Waals surface area contributed by atoms with Crippen LogP contribution in [0.1, 0.15) is 132 Å². The van der Waals surface area contributed by atoms with Crippen LogP contribution in [0.25, 0.3) is 0 Å². The SMILES string of the molecule is CC1CO[C@]2(OC[C@]34C(=O)C[C@H]5[C@@H](CC[C@H]6CC78N9C%10=C(C[C@@]%11(C)[C@@H](CC[C@H]%12C%13=C[C@@H]%14O[C@]%15(O[C@](C)(CO)C[C@H]%15O)[C@@H](C)[C@]%14(O)[C@@]%13(C)[C@H](O)C[C@@H]%12%11)C%10)N7C98C[C@@]65C)C3=CC[C@@H]4[C@@H]2C)[C@H](O)C1. The van der Waals surface area contributed by atoms with Gasteiger partial charge in [-0.1, -0.05) is 64.8 Å². The average Bonchev–Trinajstić information content (AvgIpc) is 3.53. The van der Waals surface area contributed by atoms with Gasteiger partial charge in [-0.25, -0.2) is 0 Å². The predicted molar refractivity (Wildman–Crippen MR) is 238 cm³/mol. The third kappa shape index (κ3) is 3.99. The van der Waals surface area contributed by atoms with Crippen LogP contribution >= 0.6 is 0 Å². The van der Waals surface area contributed by atoms with E-state index in [1.165, 1.54) is 18.4 Å². The maximum atomic E-state index is 15.1. The van der Waals surface area contributed by atoms with Crippen LogP contribution in [0, 0.1) is 80.8 Å². The van der Waals surface area contributed by atoms with Gasteiger partial charge in [0.2, 0.25) is 5.79 Å². The highest BCUT2D eigenvalue weighted by Gasteiger charge is 3.03. The van der Waals surface area contributed by atoms with Gasteiger partial charge >= 0.3 is 0 Å². The molecule has 5 N–H and O–H groups in total.